The van der Waals surface area contributed by atoms with Gasteiger partial charge in [-0.1, -0.05) is 13.8 Å². The average molecular weight is 237 g/mol. The van der Waals surface area contributed by atoms with Gasteiger partial charge in [-0.05, 0) is 49.9 Å². The molecule has 0 amide bonds. The van der Waals surface area contributed by atoms with Gasteiger partial charge in [-0.25, -0.2) is 0 Å². The van der Waals surface area contributed by atoms with Crippen LogP contribution in [-0.4, -0.2) is 23.1 Å². The molecule has 2 rings (SSSR count). The van der Waals surface area contributed by atoms with Crippen molar-refractivity contribution in [1.29, 1.82) is 0 Å². The Morgan fingerprint density at radius 1 is 1.24 bits per heavy atom. The lowest BCUT2D eigenvalue weighted by atomic mass is 9.85. The smallest absolute Gasteiger partial charge is 0.129 e. The number of hydrogen-bond acceptors (Lipinski definition) is 3. The van der Waals surface area contributed by atoms with Crippen LogP contribution in [-0.2, 0) is 13.2 Å². The maximum Gasteiger partial charge on any atom is 0.129 e. The third-order valence-electron chi connectivity index (χ3n) is 3.69. The standard InChI is InChI=1S/C14H23NO2/c1-14(2)6-3-8-15(9-7-14)10-12-4-5-13(11-16)17-12/h4-5,16H,3,6-11H2,1-2H3. The Hall–Kier alpha value is -0.800. The lowest BCUT2D eigenvalue weighted by Crippen LogP contribution is -2.24. The molecule has 1 aliphatic heterocycles. The zero-order chi connectivity index (χ0) is 12.3. The first-order chi connectivity index (χ1) is 8.09. The first-order valence-corrected chi connectivity index (χ1v) is 6.50. The van der Waals surface area contributed by atoms with Crippen molar-refractivity contribution < 1.29 is 9.52 Å². The highest BCUT2D eigenvalue weighted by Gasteiger charge is 2.23. The minimum Gasteiger partial charge on any atom is -0.462 e. The lowest BCUT2D eigenvalue weighted by molar-refractivity contribution is 0.217. The average Bonchev–Trinajstić information content (AvgIpc) is 2.66. The number of hydrogen-bond donors (Lipinski definition) is 1. The molecule has 0 atom stereocenters. The molecule has 0 aromatic carbocycles. The Morgan fingerprint density at radius 3 is 2.71 bits per heavy atom. The zero-order valence-corrected chi connectivity index (χ0v) is 10.9. The van der Waals surface area contributed by atoms with Crippen LogP contribution < -0.4 is 0 Å². The van der Waals surface area contributed by atoms with E-state index in [-0.39, 0.29) is 6.61 Å². The van der Waals surface area contributed by atoms with E-state index in [2.05, 4.69) is 18.7 Å². The fraction of sp³-hybridized carbons (Fsp3) is 0.714. The van der Waals surface area contributed by atoms with Gasteiger partial charge in [-0.3, -0.25) is 4.90 Å². The quantitative estimate of drug-likeness (QED) is 0.878. The molecule has 1 N–H and O–H groups in total. The van der Waals surface area contributed by atoms with Gasteiger partial charge in [0.25, 0.3) is 0 Å². The van der Waals surface area contributed by atoms with Crippen LogP contribution in [0, 0.1) is 5.41 Å². The first kappa shape index (κ1) is 12.7. The van der Waals surface area contributed by atoms with E-state index in [1.165, 1.54) is 19.3 Å². The van der Waals surface area contributed by atoms with Crippen LogP contribution in [0.2, 0.25) is 0 Å². The maximum absolute atomic E-state index is 8.96. The van der Waals surface area contributed by atoms with Crippen LogP contribution >= 0.6 is 0 Å². The monoisotopic (exact) mass is 237 g/mol. The molecule has 3 heteroatoms. The Balaban J connectivity index is 1.90. The summed E-state index contributed by atoms with van der Waals surface area (Å²) in [6, 6.07) is 3.83. The highest BCUT2D eigenvalue weighted by atomic mass is 16.4. The van der Waals surface area contributed by atoms with Gasteiger partial charge < -0.3 is 9.52 Å². The summed E-state index contributed by atoms with van der Waals surface area (Å²) in [5.74, 6) is 1.63. The van der Waals surface area contributed by atoms with Crippen molar-refractivity contribution in [3.8, 4) is 0 Å². The van der Waals surface area contributed by atoms with Crippen LogP contribution in [0.5, 0.6) is 0 Å². The van der Waals surface area contributed by atoms with Crippen LogP contribution in [0.25, 0.3) is 0 Å². The van der Waals surface area contributed by atoms with E-state index < -0.39 is 0 Å². The molecule has 1 aromatic rings. The summed E-state index contributed by atoms with van der Waals surface area (Å²) in [5, 5.41) is 8.96. The van der Waals surface area contributed by atoms with E-state index in [1.54, 1.807) is 0 Å². The van der Waals surface area contributed by atoms with E-state index in [4.69, 9.17) is 9.52 Å². The number of furan rings is 1. The molecule has 1 saturated heterocycles. The fourth-order valence-electron chi connectivity index (χ4n) is 2.45. The van der Waals surface area contributed by atoms with Gasteiger partial charge in [-0.15, -0.1) is 0 Å². The summed E-state index contributed by atoms with van der Waals surface area (Å²) in [6.45, 7) is 7.87. The molecule has 0 radical (unpaired) electrons. The number of nitrogens with zero attached hydrogens (tertiary/aromatic N) is 1. The number of rotatable bonds is 3. The van der Waals surface area contributed by atoms with Crippen LogP contribution in [0.3, 0.4) is 0 Å². The van der Waals surface area contributed by atoms with Crippen molar-refractivity contribution in [2.24, 2.45) is 5.41 Å². The van der Waals surface area contributed by atoms with Gasteiger partial charge in [0.2, 0.25) is 0 Å². The Labute approximate surface area is 103 Å². The molecule has 0 bridgehead atoms. The summed E-state index contributed by atoms with van der Waals surface area (Å²) in [7, 11) is 0. The Bertz CT molecular complexity index is 357. The largest absolute Gasteiger partial charge is 0.462 e. The summed E-state index contributed by atoms with van der Waals surface area (Å²) < 4.78 is 5.54. The number of aliphatic hydroxyl groups is 1. The molecule has 1 aliphatic rings. The molecule has 0 unspecified atom stereocenters. The van der Waals surface area contributed by atoms with Gasteiger partial charge in [0, 0.05) is 0 Å². The first-order valence-electron chi connectivity index (χ1n) is 6.50. The molecule has 1 fully saturated rings. The topological polar surface area (TPSA) is 36.6 Å². The second-order valence-corrected chi connectivity index (χ2v) is 5.82. The highest BCUT2D eigenvalue weighted by molar-refractivity contribution is 5.06. The van der Waals surface area contributed by atoms with E-state index in [0.29, 0.717) is 11.2 Å². The molecule has 3 nitrogen and oxygen atoms in total. The molecule has 0 spiro atoms. The van der Waals surface area contributed by atoms with Gasteiger partial charge in [-0.2, -0.15) is 0 Å². The third-order valence-corrected chi connectivity index (χ3v) is 3.69. The zero-order valence-electron chi connectivity index (χ0n) is 10.9. The molecule has 1 aromatic heterocycles. The third kappa shape index (κ3) is 3.58. The molecule has 17 heavy (non-hydrogen) atoms. The highest BCUT2D eigenvalue weighted by Crippen LogP contribution is 2.30. The summed E-state index contributed by atoms with van der Waals surface area (Å²) in [6.07, 6.45) is 3.82. The maximum atomic E-state index is 8.96. The van der Waals surface area contributed by atoms with Gasteiger partial charge in [0.05, 0.1) is 6.54 Å². The molecule has 2 heterocycles. The Kier molecular flexibility index (Phi) is 3.89. The van der Waals surface area contributed by atoms with Crippen molar-refractivity contribution in [3.05, 3.63) is 23.7 Å². The van der Waals surface area contributed by atoms with Crippen molar-refractivity contribution in [1.82, 2.24) is 4.90 Å². The summed E-state index contributed by atoms with van der Waals surface area (Å²) in [5.41, 5.74) is 0.480. The van der Waals surface area contributed by atoms with Crippen LogP contribution in [0.1, 0.15) is 44.6 Å². The second-order valence-electron chi connectivity index (χ2n) is 5.82. The van der Waals surface area contributed by atoms with Gasteiger partial charge in [0.1, 0.15) is 18.1 Å². The summed E-state index contributed by atoms with van der Waals surface area (Å²) in [4.78, 5) is 2.45. The Morgan fingerprint density at radius 2 is 2.00 bits per heavy atom. The van der Waals surface area contributed by atoms with Crippen LogP contribution in [0.15, 0.2) is 16.5 Å². The van der Waals surface area contributed by atoms with Crippen molar-refractivity contribution in [2.75, 3.05) is 13.1 Å². The molecule has 0 aliphatic carbocycles. The minimum absolute atomic E-state index is 0.00691. The second kappa shape index (κ2) is 5.23. The van der Waals surface area contributed by atoms with Crippen LogP contribution in [0.4, 0.5) is 0 Å². The summed E-state index contributed by atoms with van der Waals surface area (Å²) >= 11 is 0. The SMILES string of the molecule is CC1(C)CCCN(Cc2ccc(CO)o2)CC1. The molecule has 0 saturated carbocycles. The van der Waals surface area contributed by atoms with Gasteiger partial charge >= 0.3 is 0 Å². The normalized spacial score (nSPS) is 21.4. The fourth-order valence-corrected chi connectivity index (χ4v) is 2.45. The van der Waals surface area contributed by atoms with Crippen molar-refractivity contribution in [2.45, 2.75) is 46.3 Å². The van der Waals surface area contributed by atoms with E-state index in [1.807, 2.05) is 12.1 Å². The van der Waals surface area contributed by atoms with Crippen molar-refractivity contribution in [3.63, 3.8) is 0 Å². The molecule has 96 valence electrons. The van der Waals surface area contributed by atoms with E-state index >= 15 is 0 Å². The van der Waals surface area contributed by atoms with E-state index in [9.17, 15) is 0 Å². The number of aliphatic hydroxyl groups excluding tert-OH is 1. The molecular formula is C14H23NO2. The molecular weight excluding hydrogens is 214 g/mol. The lowest BCUT2D eigenvalue weighted by Gasteiger charge is -2.22. The van der Waals surface area contributed by atoms with Crippen molar-refractivity contribution >= 4 is 0 Å². The predicted octanol–water partition coefficient (Wildman–Crippen LogP) is 2.78. The number of likely N-dealkylation sites (tertiary alicyclic amines) is 1. The predicted molar refractivity (Wildman–Crippen MR) is 67.5 cm³/mol. The van der Waals surface area contributed by atoms with E-state index in [0.717, 1.165) is 25.4 Å². The van der Waals surface area contributed by atoms with Gasteiger partial charge in [0.15, 0.2) is 0 Å². The minimum atomic E-state index is -0.00691.